The Morgan fingerprint density at radius 3 is 2.55 bits per heavy atom. The van der Waals surface area contributed by atoms with Crippen molar-refractivity contribution in [1.82, 2.24) is 10.6 Å². The van der Waals surface area contributed by atoms with Crippen LogP contribution in [0.25, 0.3) is 11.1 Å². The lowest BCUT2D eigenvalue weighted by atomic mass is 9.92. The smallest absolute Gasteiger partial charge is 0.123 e. The summed E-state index contributed by atoms with van der Waals surface area (Å²) in [5.74, 6) is 0.924. The summed E-state index contributed by atoms with van der Waals surface area (Å²) in [6, 6.07) is 27.6. The number of nitrogens with zero attached hydrogens (tertiary/aromatic N) is 1. The van der Waals surface area contributed by atoms with Crippen molar-refractivity contribution >= 4 is 0 Å². The van der Waals surface area contributed by atoms with Crippen molar-refractivity contribution in [2.45, 2.75) is 38.4 Å². The van der Waals surface area contributed by atoms with Crippen molar-refractivity contribution in [3.05, 3.63) is 89.5 Å². The van der Waals surface area contributed by atoms with Gasteiger partial charge in [0.2, 0.25) is 0 Å². The first-order valence-corrected chi connectivity index (χ1v) is 11.1. The Morgan fingerprint density at radius 1 is 1.03 bits per heavy atom. The maximum absolute atomic E-state index is 9.06. The molecular weight excluding hydrogens is 382 g/mol. The molecule has 0 aliphatic carbocycles. The molecule has 2 N–H and O–H groups in total. The van der Waals surface area contributed by atoms with Gasteiger partial charge < -0.3 is 15.4 Å². The van der Waals surface area contributed by atoms with Gasteiger partial charge in [-0.05, 0) is 67.3 Å². The van der Waals surface area contributed by atoms with Gasteiger partial charge in [0.1, 0.15) is 5.75 Å². The zero-order valence-electron chi connectivity index (χ0n) is 18.0. The van der Waals surface area contributed by atoms with E-state index < -0.39 is 0 Å². The van der Waals surface area contributed by atoms with Gasteiger partial charge in [-0.2, -0.15) is 5.26 Å². The number of benzene rings is 3. The molecule has 0 amide bonds. The van der Waals surface area contributed by atoms with Crippen LogP contribution in [-0.2, 0) is 6.54 Å². The molecule has 0 aromatic heterocycles. The highest BCUT2D eigenvalue weighted by molar-refractivity contribution is 5.66. The molecule has 0 radical (unpaired) electrons. The van der Waals surface area contributed by atoms with Gasteiger partial charge in [-0.3, -0.25) is 0 Å². The molecule has 1 heterocycles. The SMILES string of the molecule is CCOc1ccc(-c2ccc(C#N)cc2)cc1CNC1CCCNC1c1ccccc1. The fourth-order valence-electron chi connectivity index (χ4n) is 4.29. The minimum Gasteiger partial charge on any atom is -0.494 e. The van der Waals surface area contributed by atoms with Gasteiger partial charge >= 0.3 is 0 Å². The van der Waals surface area contributed by atoms with Crippen LogP contribution in [0.1, 0.15) is 42.5 Å². The second-order valence-corrected chi connectivity index (χ2v) is 7.92. The predicted molar refractivity (Wildman–Crippen MR) is 125 cm³/mol. The lowest BCUT2D eigenvalue weighted by molar-refractivity contribution is 0.299. The minimum atomic E-state index is 0.312. The van der Waals surface area contributed by atoms with Crippen molar-refractivity contribution in [1.29, 1.82) is 5.26 Å². The molecule has 2 unspecified atom stereocenters. The van der Waals surface area contributed by atoms with Crippen LogP contribution in [0, 0.1) is 11.3 Å². The van der Waals surface area contributed by atoms with E-state index in [0.29, 0.717) is 24.3 Å². The van der Waals surface area contributed by atoms with Gasteiger partial charge in [0.25, 0.3) is 0 Å². The van der Waals surface area contributed by atoms with Gasteiger partial charge in [-0.25, -0.2) is 0 Å². The van der Waals surface area contributed by atoms with Crippen molar-refractivity contribution in [3.63, 3.8) is 0 Å². The lowest BCUT2D eigenvalue weighted by Crippen LogP contribution is -2.45. The van der Waals surface area contributed by atoms with Crippen molar-refractivity contribution in [2.75, 3.05) is 13.2 Å². The van der Waals surface area contributed by atoms with Crippen LogP contribution in [0.5, 0.6) is 5.75 Å². The number of rotatable bonds is 7. The Morgan fingerprint density at radius 2 is 1.81 bits per heavy atom. The maximum atomic E-state index is 9.06. The minimum absolute atomic E-state index is 0.312. The molecule has 2 atom stereocenters. The van der Waals surface area contributed by atoms with Crippen LogP contribution in [0.3, 0.4) is 0 Å². The molecule has 3 aromatic rings. The Balaban J connectivity index is 1.55. The highest BCUT2D eigenvalue weighted by atomic mass is 16.5. The average Bonchev–Trinajstić information content (AvgIpc) is 2.84. The van der Waals surface area contributed by atoms with Crippen LogP contribution >= 0.6 is 0 Å². The summed E-state index contributed by atoms with van der Waals surface area (Å²) >= 11 is 0. The lowest BCUT2D eigenvalue weighted by Gasteiger charge is -2.34. The molecule has 4 nitrogen and oxygen atoms in total. The summed E-state index contributed by atoms with van der Waals surface area (Å²) in [6.45, 7) is 4.45. The average molecular weight is 412 g/mol. The van der Waals surface area contributed by atoms with Gasteiger partial charge in [-0.15, -0.1) is 0 Å². The molecule has 3 aromatic carbocycles. The number of hydrogen-bond acceptors (Lipinski definition) is 4. The second-order valence-electron chi connectivity index (χ2n) is 7.92. The fourth-order valence-corrected chi connectivity index (χ4v) is 4.29. The van der Waals surface area contributed by atoms with Gasteiger partial charge in [0.05, 0.1) is 18.2 Å². The van der Waals surface area contributed by atoms with Crippen LogP contribution in [0.15, 0.2) is 72.8 Å². The van der Waals surface area contributed by atoms with E-state index in [-0.39, 0.29) is 0 Å². The molecule has 1 aliphatic rings. The molecule has 1 fully saturated rings. The normalized spacial score (nSPS) is 18.3. The van der Waals surface area contributed by atoms with E-state index in [1.54, 1.807) is 0 Å². The third-order valence-electron chi connectivity index (χ3n) is 5.88. The molecule has 1 saturated heterocycles. The summed E-state index contributed by atoms with van der Waals surface area (Å²) < 4.78 is 5.92. The Bertz CT molecular complexity index is 1020. The zero-order chi connectivity index (χ0) is 21.5. The largest absolute Gasteiger partial charge is 0.494 e. The molecule has 1 aliphatic heterocycles. The highest BCUT2D eigenvalue weighted by Crippen LogP contribution is 2.29. The zero-order valence-corrected chi connectivity index (χ0v) is 18.0. The molecule has 31 heavy (non-hydrogen) atoms. The van der Waals surface area contributed by atoms with Crippen molar-refractivity contribution in [3.8, 4) is 22.9 Å². The molecule has 0 bridgehead atoms. The fraction of sp³-hybridized carbons (Fsp3) is 0.296. The maximum Gasteiger partial charge on any atom is 0.123 e. The van der Waals surface area contributed by atoms with E-state index in [1.807, 2.05) is 31.2 Å². The number of nitriles is 1. The van der Waals surface area contributed by atoms with E-state index in [1.165, 1.54) is 12.0 Å². The molecule has 158 valence electrons. The molecule has 0 saturated carbocycles. The first kappa shape index (κ1) is 21.1. The van der Waals surface area contributed by atoms with Crippen LogP contribution in [0.4, 0.5) is 0 Å². The predicted octanol–water partition coefficient (Wildman–Crippen LogP) is 5.21. The highest BCUT2D eigenvalue weighted by Gasteiger charge is 2.25. The Labute approximate surface area is 184 Å². The summed E-state index contributed by atoms with van der Waals surface area (Å²) in [5, 5.41) is 16.5. The third-order valence-corrected chi connectivity index (χ3v) is 5.88. The quantitative estimate of drug-likeness (QED) is 0.561. The molecule has 0 spiro atoms. The Kier molecular flexibility index (Phi) is 6.99. The van der Waals surface area contributed by atoms with Gasteiger partial charge in [-0.1, -0.05) is 48.5 Å². The molecule has 4 rings (SSSR count). The molecular formula is C27H29N3O. The van der Waals surface area contributed by atoms with Gasteiger partial charge in [0.15, 0.2) is 0 Å². The van der Waals surface area contributed by atoms with Crippen LogP contribution < -0.4 is 15.4 Å². The molecule has 4 heteroatoms. The Hall–Kier alpha value is -3.13. The van der Waals surface area contributed by atoms with Crippen molar-refractivity contribution in [2.24, 2.45) is 0 Å². The number of nitrogens with one attached hydrogen (secondary N) is 2. The number of ether oxygens (including phenoxy) is 1. The van der Waals surface area contributed by atoms with E-state index >= 15 is 0 Å². The monoisotopic (exact) mass is 411 g/mol. The first-order chi connectivity index (χ1) is 15.3. The topological polar surface area (TPSA) is 57.1 Å². The summed E-state index contributed by atoms with van der Waals surface area (Å²) in [4.78, 5) is 0. The van der Waals surface area contributed by atoms with Gasteiger partial charge in [0, 0.05) is 24.2 Å². The van der Waals surface area contributed by atoms with E-state index in [4.69, 9.17) is 10.00 Å². The van der Waals surface area contributed by atoms with Crippen LogP contribution in [0.2, 0.25) is 0 Å². The van der Waals surface area contributed by atoms with E-state index in [2.05, 4.69) is 65.2 Å². The number of piperidine rings is 1. The third kappa shape index (κ3) is 5.14. The van der Waals surface area contributed by atoms with E-state index in [0.717, 1.165) is 42.0 Å². The summed E-state index contributed by atoms with van der Waals surface area (Å²) in [6.07, 6.45) is 2.32. The number of hydrogen-bond donors (Lipinski definition) is 2. The summed E-state index contributed by atoms with van der Waals surface area (Å²) in [7, 11) is 0. The second kappa shape index (κ2) is 10.3. The first-order valence-electron chi connectivity index (χ1n) is 11.1. The van der Waals surface area contributed by atoms with Crippen molar-refractivity contribution < 1.29 is 4.74 Å². The summed E-state index contributed by atoms with van der Waals surface area (Å²) in [5.41, 5.74) is 5.39. The standard InChI is InChI=1S/C27H29N3O/c1-2-31-26-15-14-23(21-12-10-20(18-28)11-13-21)17-24(26)19-30-25-9-6-16-29-27(25)22-7-4-3-5-8-22/h3-5,7-8,10-15,17,25,27,29-30H,2,6,9,16,19H2,1H3. The van der Waals surface area contributed by atoms with Crippen LogP contribution in [-0.4, -0.2) is 19.2 Å². The van der Waals surface area contributed by atoms with E-state index in [9.17, 15) is 0 Å².